The minimum Gasteiger partial charge on any atom is -0.365 e. The molecule has 2 aliphatic heterocycles. The van der Waals surface area contributed by atoms with E-state index in [0.29, 0.717) is 10.5 Å². The molecule has 0 saturated carbocycles. The summed E-state index contributed by atoms with van der Waals surface area (Å²) in [6.45, 7) is 8.38. The van der Waals surface area contributed by atoms with Crippen molar-refractivity contribution in [3.8, 4) is 0 Å². The van der Waals surface area contributed by atoms with Crippen LogP contribution in [0.2, 0.25) is 0 Å². The Labute approximate surface area is 186 Å². The van der Waals surface area contributed by atoms with Crippen molar-refractivity contribution in [2.45, 2.75) is 39.8 Å². The van der Waals surface area contributed by atoms with Crippen molar-refractivity contribution in [3.05, 3.63) is 75.5 Å². The van der Waals surface area contributed by atoms with Gasteiger partial charge in [0, 0.05) is 23.9 Å². The fourth-order valence-corrected chi connectivity index (χ4v) is 4.88. The number of rotatable bonds is 3. The van der Waals surface area contributed by atoms with E-state index in [1.165, 1.54) is 11.6 Å². The molecular formula is C25H25FN2O2S. The minimum absolute atomic E-state index is 0.0699. The van der Waals surface area contributed by atoms with Crippen molar-refractivity contribution in [3.63, 3.8) is 0 Å². The van der Waals surface area contributed by atoms with Crippen LogP contribution in [-0.2, 0) is 11.3 Å². The number of thioether (sulfide) groups is 1. The molecule has 4 rings (SSSR count). The Morgan fingerprint density at radius 3 is 2.55 bits per heavy atom. The predicted molar refractivity (Wildman–Crippen MR) is 125 cm³/mol. The third-order valence-corrected chi connectivity index (χ3v) is 6.96. The van der Waals surface area contributed by atoms with Crippen LogP contribution in [-0.4, -0.2) is 28.6 Å². The molecule has 2 aliphatic rings. The minimum atomic E-state index is -0.426. The number of fused-ring (bicyclic) bond motifs is 1. The first-order valence-electron chi connectivity index (χ1n) is 10.2. The second kappa shape index (κ2) is 7.68. The topological polar surface area (TPSA) is 40.6 Å². The van der Waals surface area contributed by atoms with E-state index in [9.17, 15) is 14.0 Å². The molecule has 2 aromatic rings. The Morgan fingerprint density at radius 2 is 1.84 bits per heavy atom. The predicted octanol–water partition coefficient (Wildman–Crippen LogP) is 6.00. The molecule has 0 aliphatic carbocycles. The second-order valence-electron chi connectivity index (χ2n) is 8.63. The van der Waals surface area contributed by atoms with Gasteiger partial charge in [0.15, 0.2) is 0 Å². The van der Waals surface area contributed by atoms with Gasteiger partial charge in [0.2, 0.25) is 0 Å². The fourth-order valence-electron chi connectivity index (χ4n) is 4.05. The van der Waals surface area contributed by atoms with Crippen LogP contribution in [0.5, 0.6) is 0 Å². The number of carbonyl (C=O) groups is 2. The average molecular weight is 437 g/mol. The summed E-state index contributed by atoms with van der Waals surface area (Å²) in [6.07, 6.45) is 4.01. The van der Waals surface area contributed by atoms with Gasteiger partial charge in [-0.05, 0) is 80.4 Å². The summed E-state index contributed by atoms with van der Waals surface area (Å²) in [6, 6.07) is 10.4. The summed E-state index contributed by atoms with van der Waals surface area (Å²) in [5, 5.41) is -0.382. The van der Waals surface area contributed by atoms with Gasteiger partial charge < -0.3 is 4.90 Å². The Hall–Kier alpha value is -2.86. The van der Waals surface area contributed by atoms with Crippen molar-refractivity contribution < 1.29 is 14.0 Å². The van der Waals surface area contributed by atoms with Crippen LogP contribution < -0.4 is 4.90 Å². The van der Waals surface area contributed by atoms with E-state index >= 15 is 0 Å². The Kier molecular flexibility index (Phi) is 5.30. The summed E-state index contributed by atoms with van der Waals surface area (Å²) >= 11 is 0.900. The zero-order valence-electron chi connectivity index (χ0n) is 18.3. The highest BCUT2D eigenvalue weighted by molar-refractivity contribution is 8.18. The van der Waals surface area contributed by atoms with E-state index in [1.54, 1.807) is 24.3 Å². The number of hydrogen-bond acceptors (Lipinski definition) is 4. The highest BCUT2D eigenvalue weighted by atomic mass is 32.2. The molecule has 0 bridgehead atoms. The molecule has 0 aromatic heterocycles. The van der Waals surface area contributed by atoms with Crippen LogP contribution >= 0.6 is 11.8 Å². The third kappa shape index (κ3) is 3.81. The average Bonchev–Trinajstić information content (AvgIpc) is 2.96. The lowest BCUT2D eigenvalue weighted by Gasteiger charge is -2.41. The number of aryl methyl sites for hydroxylation is 1. The van der Waals surface area contributed by atoms with E-state index < -0.39 is 5.82 Å². The molecule has 6 heteroatoms. The fraction of sp³-hybridized carbons (Fsp3) is 0.280. The van der Waals surface area contributed by atoms with Crippen LogP contribution in [0.1, 0.15) is 43.0 Å². The number of amides is 2. The maximum atomic E-state index is 14.0. The largest absolute Gasteiger partial charge is 0.365 e. The van der Waals surface area contributed by atoms with Gasteiger partial charge in [0.05, 0.1) is 17.0 Å². The lowest BCUT2D eigenvalue weighted by molar-refractivity contribution is -0.123. The smallest absolute Gasteiger partial charge is 0.293 e. The van der Waals surface area contributed by atoms with Gasteiger partial charge in [-0.25, -0.2) is 4.39 Å². The van der Waals surface area contributed by atoms with Gasteiger partial charge in [-0.1, -0.05) is 24.3 Å². The molecule has 31 heavy (non-hydrogen) atoms. The maximum Gasteiger partial charge on any atom is 0.293 e. The summed E-state index contributed by atoms with van der Waals surface area (Å²) in [4.78, 5) is 29.1. The van der Waals surface area contributed by atoms with E-state index in [4.69, 9.17) is 0 Å². The van der Waals surface area contributed by atoms with Crippen molar-refractivity contribution >= 4 is 40.2 Å². The molecule has 2 amide bonds. The van der Waals surface area contributed by atoms with Crippen LogP contribution in [0.25, 0.3) is 11.6 Å². The number of carbonyl (C=O) groups excluding carboxylic acids is 2. The molecule has 160 valence electrons. The lowest BCUT2D eigenvalue weighted by atomic mass is 9.87. The van der Waals surface area contributed by atoms with Gasteiger partial charge in [-0.15, -0.1) is 0 Å². The third-order valence-electron chi connectivity index (χ3n) is 6.05. The van der Waals surface area contributed by atoms with Crippen molar-refractivity contribution in [2.75, 3.05) is 11.9 Å². The van der Waals surface area contributed by atoms with E-state index in [0.717, 1.165) is 39.0 Å². The number of hydrogen-bond donors (Lipinski definition) is 0. The zero-order valence-corrected chi connectivity index (χ0v) is 19.1. The summed E-state index contributed by atoms with van der Waals surface area (Å²) in [5.74, 6) is -0.814. The normalized spacial score (nSPS) is 19.2. The van der Waals surface area contributed by atoms with E-state index in [2.05, 4.69) is 50.9 Å². The van der Waals surface area contributed by atoms with Crippen molar-refractivity contribution in [2.24, 2.45) is 0 Å². The summed E-state index contributed by atoms with van der Waals surface area (Å²) in [7, 11) is 2.08. The first kappa shape index (κ1) is 21.4. The molecule has 2 heterocycles. The van der Waals surface area contributed by atoms with E-state index in [1.807, 2.05) is 6.92 Å². The second-order valence-corrected chi connectivity index (χ2v) is 9.62. The van der Waals surface area contributed by atoms with Crippen LogP contribution in [0.15, 0.2) is 47.4 Å². The lowest BCUT2D eigenvalue weighted by Crippen LogP contribution is -2.42. The molecule has 4 nitrogen and oxygen atoms in total. The molecular weight excluding hydrogens is 411 g/mol. The van der Waals surface area contributed by atoms with Crippen LogP contribution in [0.3, 0.4) is 0 Å². The molecule has 0 N–H and O–H groups in total. The zero-order chi connectivity index (χ0) is 22.5. The molecule has 0 radical (unpaired) electrons. The van der Waals surface area contributed by atoms with Gasteiger partial charge >= 0.3 is 0 Å². The van der Waals surface area contributed by atoms with Gasteiger partial charge in [0.25, 0.3) is 11.1 Å². The van der Waals surface area contributed by atoms with Gasteiger partial charge in [0.1, 0.15) is 5.82 Å². The van der Waals surface area contributed by atoms with Crippen molar-refractivity contribution in [1.82, 2.24) is 4.90 Å². The highest BCUT2D eigenvalue weighted by Crippen LogP contribution is 2.40. The quantitative estimate of drug-likeness (QED) is 0.553. The number of allylic oxidation sites excluding steroid dienone is 1. The SMILES string of the molecule is CC1=CC(C)(C)N(C)c2cc(C)c(/C=C3\SC(=O)N(Cc4ccccc4F)C3=O)cc21. The number of likely N-dealkylation sites (N-methyl/N-ethyl adjacent to an activating group) is 1. The van der Waals surface area contributed by atoms with Crippen LogP contribution in [0, 0.1) is 12.7 Å². The molecule has 0 unspecified atom stereocenters. The van der Waals surface area contributed by atoms with E-state index in [-0.39, 0.29) is 23.2 Å². The first-order chi connectivity index (χ1) is 14.6. The molecule has 0 spiro atoms. The van der Waals surface area contributed by atoms with Crippen molar-refractivity contribution in [1.29, 1.82) is 0 Å². The van der Waals surface area contributed by atoms with Gasteiger partial charge in [-0.2, -0.15) is 0 Å². The molecule has 1 fully saturated rings. The van der Waals surface area contributed by atoms with Crippen LogP contribution in [0.4, 0.5) is 14.9 Å². The standard InChI is InChI=1S/C25H25FN2O2S/c1-15-10-21-19(16(2)13-25(3,4)27(21)5)11-18(15)12-22-23(29)28(24(30)31-22)14-17-8-6-7-9-20(17)26/h6-13H,14H2,1-5H3/b22-12-. The number of nitrogens with zero attached hydrogens (tertiary/aromatic N) is 2. The maximum absolute atomic E-state index is 14.0. The number of anilines is 1. The summed E-state index contributed by atoms with van der Waals surface area (Å²) in [5.41, 5.74) is 5.60. The Balaban J connectivity index is 1.67. The Bertz CT molecular complexity index is 1170. The number of halogens is 1. The number of imide groups is 1. The van der Waals surface area contributed by atoms with Gasteiger partial charge in [-0.3, -0.25) is 14.5 Å². The Morgan fingerprint density at radius 1 is 1.13 bits per heavy atom. The molecule has 1 saturated heterocycles. The number of benzene rings is 2. The molecule has 0 atom stereocenters. The summed E-state index contributed by atoms with van der Waals surface area (Å²) < 4.78 is 14.0. The molecule has 2 aromatic carbocycles. The highest BCUT2D eigenvalue weighted by Gasteiger charge is 2.36. The monoisotopic (exact) mass is 436 g/mol. The first-order valence-corrected chi connectivity index (χ1v) is 11.0.